The Hall–Kier alpha value is -1.10. The van der Waals surface area contributed by atoms with Gasteiger partial charge in [-0.2, -0.15) is 0 Å². The molecular formula is C31H56O9. The maximum atomic E-state index is 13.7. The minimum Gasteiger partial charge on any atom is -0.462 e. The number of carbonyl (C=O) groups is 2. The van der Waals surface area contributed by atoms with E-state index in [1.807, 2.05) is 48.5 Å². The molecule has 0 aromatic rings. The molecule has 2 saturated heterocycles. The lowest BCUT2D eigenvalue weighted by atomic mass is 9.71. The van der Waals surface area contributed by atoms with Crippen molar-refractivity contribution in [3.63, 3.8) is 0 Å². The molecule has 1 unspecified atom stereocenters. The summed E-state index contributed by atoms with van der Waals surface area (Å²) in [5.41, 5.74) is -1.60. The van der Waals surface area contributed by atoms with Gasteiger partial charge in [0.05, 0.1) is 35.4 Å². The van der Waals surface area contributed by atoms with E-state index in [1.165, 1.54) is 0 Å². The third kappa shape index (κ3) is 7.27. The quantitative estimate of drug-likeness (QED) is 0.468. The molecule has 2 aliphatic rings. The normalized spacial score (nSPS) is 48.4. The Morgan fingerprint density at radius 2 is 1.45 bits per heavy atom. The van der Waals surface area contributed by atoms with Crippen molar-refractivity contribution in [2.24, 2.45) is 35.5 Å². The van der Waals surface area contributed by atoms with E-state index in [1.54, 1.807) is 35.0 Å². The summed E-state index contributed by atoms with van der Waals surface area (Å²) in [4.78, 5) is 27.1. The van der Waals surface area contributed by atoms with Gasteiger partial charge in [-0.1, -0.05) is 41.5 Å². The van der Waals surface area contributed by atoms with Crippen LogP contribution in [0, 0.1) is 35.5 Å². The Labute approximate surface area is 241 Å². The van der Waals surface area contributed by atoms with Crippen molar-refractivity contribution in [2.75, 3.05) is 14.2 Å². The van der Waals surface area contributed by atoms with Crippen LogP contribution in [0.2, 0.25) is 0 Å². The molecule has 0 aromatic heterocycles. The summed E-state index contributed by atoms with van der Waals surface area (Å²) < 4.78 is 30.4. The smallest absolute Gasteiger partial charge is 0.311 e. The zero-order valence-electron chi connectivity index (χ0n) is 26.8. The largest absolute Gasteiger partial charge is 0.462 e. The summed E-state index contributed by atoms with van der Waals surface area (Å²) in [5, 5.41) is 21.8. The van der Waals surface area contributed by atoms with E-state index in [0.29, 0.717) is 12.8 Å². The number of carbonyl (C=O) groups excluding carboxylic acids is 2. The summed E-state index contributed by atoms with van der Waals surface area (Å²) in [6, 6.07) is 0. The van der Waals surface area contributed by atoms with Crippen molar-refractivity contribution < 1.29 is 43.5 Å². The highest BCUT2D eigenvalue weighted by atomic mass is 16.7. The number of aliphatic hydroxyl groups excluding tert-OH is 2. The van der Waals surface area contributed by atoms with E-state index in [2.05, 4.69) is 0 Å². The maximum Gasteiger partial charge on any atom is 0.311 e. The Bertz CT molecular complexity index is 851. The predicted molar refractivity (Wildman–Crippen MR) is 151 cm³/mol. The van der Waals surface area contributed by atoms with Crippen LogP contribution in [0.5, 0.6) is 0 Å². The van der Waals surface area contributed by atoms with Gasteiger partial charge in [0.15, 0.2) is 6.29 Å². The standard InChI is InChI=1S/C31H56O9/c1-13-23-18(4)26(33)19(5)25(32)16(2)14-30(9,36-11)21(7)17(3)27(20(6)29(35)39-23)40-24-15-31(10,37-12)28(34)22(8)38-24/h16-24,26-28,33-34H,13-15H2,1-12H3/t16-,17-,18+,19+,20-,21-,22+,23-,24+,26?,27+,28+,30-,31-/m1/s1. The second-order valence-corrected chi connectivity index (χ2v) is 13.0. The third-order valence-corrected chi connectivity index (χ3v) is 10.3. The van der Waals surface area contributed by atoms with Gasteiger partial charge < -0.3 is 33.9 Å². The van der Waals surface area contributed by atoms with Crippen LogP contribution < -0.4 is 0 Å². The van der Waals surface area contributed by atoms with Crippen molar-refractivity contribution in [1.82, 2.24) is 0 Å². The average molecular weight is 573 g/mol. The highest BCUT2D eigenvalue weighted by molar-refractivity contribution is 5.83. The minimum absolute atomic E-state index is 0.0381. The number of methoxy groups -OCH3 is 2. The number of hydrogen-bond donors (Lipinski definition) is 2. The molecule has 2 heterocycles. The second kappa shape index (κ2) is 13.9. The summed E-state index contributed by atoms with van der Waals surface area (Å²) in [6.07, 6.45) is -3.02. The SMILES string of the molecule is CC[C@H]1OC(=O)[C@H](C)[C@@H](O[C@H]2C[C@@](C)(OC)[C@@H](O)[C@H](C)O2)[C@H](C)[C@@H](C)[C@](C)(OC)C[C@@H](C)C(=O)[C@H](C)C(O)[C@H]1C. The van der Waals surface area contributed by atoms with Crippen LogP contribution in [0.25, 0.3) is 0 Å². The number of aliphatic hydroxyl groups is 2. The molecule has 9 nitrogen and oxygen atoms in total. The van der Waals surface area contributed by atoms with Crippen LogP contribution in [0.1, 0.15) is 88.5 Å². The van der Waals surface area contributed by atoms with E-state index in [9.17, 15) is 19.8 Å². The van der Waals surface area contributed by atoms with Gasteiger partial charge in [0, 0.05) is 38.4 Å². The van der Waals surface area contributed by atoms with E-state index in [-0.39, 0.29) is 30.0 Å². The topological polar surface area (TPSA) is 121 Å². The molecule has 0 saturated carbocycles. The number of cyclic esters (lactones) is 1. The van der Waals surface area contributed by atoms with Crippen LogP contribution in [0.4, 0.5) is 0 Å². The Morgan fingerprint density at radius 3 is 1.98 bits per heavy atom. The van der Waals surface area contributed by atoms with Gasteiger partial charge in [-0.15, -0.1) is 0 Å². The van der Waals surface area contributed by atoms with Gasteiger partial charge >= 0.3 is 5.97 Å². The molecule has 2 N–H and O–H groups in total. The van der Waals surface area contributed by atoms with Crippen molar-refractivity contribution in [2.45, 2.75) is 137 Å². The van der Waals surface area contributed by atoms with Gasteiger partial charge in [0.25, 0.3) is 0 Å². The number of rotatable bonds is 5. The highest BCUT2D eigenvalue weighted by Crippen LogP contribution is 2.41. The fourth-order valence-corrected chi connectivity index (χ4v) is 6.72. The average Bonchev–Trinajstić information content (AvgIpc) is 2.93. The van der Waals surface area contributed by atoms with E-state index >= 15 is 0 Å². The van der Waals surface area contributed by atoms with Gasteiger partial charge in [0.1, 0.15) is 18.0 Å². The minimum atomic E-state index is -0.960. The lowest BCUT2D eigenvalue weighted by Gasteiger charge is -2.47. The van der Waals surface area contributed by atoms with E-state index in [0.717, 1.165) is 0 Å². The summed E-state index contributed by atoms with van der Waals surface area (Å²) in [6.45, 7) is 18.8. The Morgan fingerprint density at radius 1 is 0.875 bits per heavy atom. The van der Waals surface area contributed by atoms with Crippen LogP contribution >= 0.6 is 0 Å². The number of ketones is 1. The highest BCUT2D eigenvalue weighted by Gasteiger charge is 2.49. The molecule has 40 heavy (non-hydrogen) atoms. The zero-order chi connectivity index (χ0) is 30.7. The van der Waals surface area contributed by atoms with Crippen molar-refractivity contribution in [3.05, 3.63) is 0 Å². The number of hydrogen-bond acceptors (Lipinski definition) is 9. The van der Waals surface area contributed by atoms with Crippen LogP contribution in [-0.2, 0) is 33.3 Å². The number of esters is 1. The molecule has 2 rings (SSSR count). The van der Waals surface area contributed by atoms with Crippen LogP contribution in [0.15, 0.2) is 0 Å². The first-order valence-corrected chi connectivity index (χ1v) is 15.0. The summed E-state index contributed by atoms with van der Waals surface area (Å²) in [7, 11) is 3.19. The maximum absolute atomic E-state index is 13.7. The molecule has 2 aliphatic heterocycles. The first kappa shape index (κ1) is 35.1. The lowest BCUT2D eigenvalue weighted by molar-refractivity contribution is -0.298. The third-order valence-electron chi connectivity index (χ3n) is 10.3. The molecule has 0 aliphatic carbocycles. The van der Waals surface area contributed by atoms with Crippen LogP contribution in [-0.4, -0.2) is 84.2 Å². The van der Waals surface area contributed by atoms with E-state index < -0.39 is 71.7 Å². The molecule has 14 atom stereocenters. The molecule has 234 valence electrons. The Balaban J connectivity index is 2.54. The molecule has 0 spiro atoms. The molecular weight excluding hydrogens is 516 g/mol. The zero-order valence-corrected chi connectivity index (χ0v) is 26.8. The Kier molecular flexibility index (Phi) is 12.2. The molecule has 0 aromatic carbocycles. The van der Waals surface area contributed by atoms with Gasteiger partial charge in [0.2, 0.25) is 0 Å². The second-order valence-electron chi connectivity index (χ2n) is 13.0. The molecule has 0 bridgehead atoms. The predicted octanol–water partition coefficient (Wildman–Crippen LogP) is 4.15. The molecule has 0 amide bonds. The molecule has 0 radical (unpaired) electrons. The first-order valence-electron chi connectivity index (χ1n) is 15.0. The fourth-order valence-electron chi connectivity index (χ4n) is 6.72. The number of ether oxygens (including phenoxy) is 5. The lowest BCUT2D eigenvalue weighted by Crippen LogP contribution is -2.57. The van der Waals surface area contributed by atoms with Crippen LogP contribution in [0.3, 0.4) is 0 Å². The monoisotopic (exact) mass is 572 g/mol. The van der Waals surface area contributed by atoms with Crippen molar-refractivity contribution in [3.8, 4) is 0 Å². The van der Waals surface area contributed by atoms with E-state index in [4.69, 9.17) is 23.7 Å². The van der Waals surface area contributed by atoms with Gasteiger partial charge in [-0.25, -0.2) is 0 Å². The van der Waals surface area contributed by atoms with Gasteiger partial charge in [-0.05, 0) is 52.4 Å². The molecule has 2 fully saturated rings. The van der Waals surface area contributed by atoms with Gasteiger partial charge in [-0.3, -0.25) is 9.59 Å². The first-order chi connectivity index (χ1) is 18.5. The molecule has 9 heteroatoms. The van der Waals surface area contributed by atoms with Crippen molar-refractivity contribution in [1.29, 1.82) is 0 Å². The summed E-state index contributed by atoms with van der Waals surface area (Å²) >= 11 is 0. The summed E-state index contributed by atoms with van der Waals surface area (Å²) in [5.74, 6) is -2.90. The fraction of sp³-hybridized carbons (Fsp3) is 0.935. The van der Waals surface area contributed by atoms with Crippen molar-refractivity contribution >= 4 is 11.8 Å². The number of Topliss-reactive ketones (excluding diaryl/α,β-unsaturated/α-hetero) is 1.